The van der Waals surface area contributed by atoms with E-state index in [-0.39, 0.29) is 16.5 Å². The van der Waals surface area contributed by atoms with Crippen molar-refractivity contribution in [2.45, 2.75) is 26.3 Å². The molecule has 0 aliphatic rings. The van der Waals surface area contributed by atoms with Crippen molar-refractivity contribution in [1.82, 2.24) is 14.5 Å². The SMILES string of the molecule is CCCN(C(=O)c1cccc(OC)c1)C(C)c1nc2ccccc2c(=O)n1-c1ccc(F)c(Cl)c1. The van der Waals surface area contributed by atoms with Gasteiger partial charge in [0.25, 0.3) is 11.5 Å². The van der Waals surface area contributed by atoms with Crippen molar-refractivity contribution in [2.75, 3.05) is 13.7 Å². The third-order valence-corrected chi connectivity index (χ3v) is 6.14. The Bertz CT molecular complexity index is 1450. The van der Waals surface area contributed by atoms with E-state index < -0.39 is 11.9 Å². The number of nitrogens with zero attached hydrogens (tertiary/aromatic N) is 3. The minimum absolute atomic E-state index is 0.112. The van der Waals surface area contributed by atoms with E-state index in [9.17, 15) is 14.0 Å². The molecule has 0 radical (unpaired) electrons. The van der Waals surface area contributed by atoms with E-state index in [2.05, 4.69) is 0 Å². The number of aromatic nitrogens is 2. The zero-order chi connectivity index (χ0) is 25.1. The lowest BCUT2D eigenvalue weighted by atomic mass is 10.1. The van der Waals surface area contributed by atoms with E-state index in [1.165, 1.54) is 22.8 Å². The molecule has 0 fully saturated rings. The molecule has 1 amide bonds. The average Bonchev–Trinajstić information content (AvgIpc) is 2.88. The number of hydrogen-bond acceptors (Lipinski definition) is 4. The summed E-state index contributed by atoms with van der Waals surface area (Å²) in [5.74, 6) is 0.111. The predicted octanol–water partition coefficient (Wildman–Crippen LogP) is 5.80. The number of ether oxygens (including phenoxy) is 1. The Morgan fingerprint density at radius 3 is 2.63 bits per heavy atom. The first-order valence-electron chi connectivity index (χ1n) is 11.3. The first kappa shape index (κ1) is 24.4. The van der Waals surface area contributed by atoms with Crippen molar-refractivity contribution < 1.29 is 13.9 Å². The first-order chi connectivity index (χ1) is 16.8. The normalized spacial score (nSPS) is 11.9. The van der Waals surface area contributed by atoms with Gasteiger partial charge in [-0.1, -0.05) is 36.7 Å². The molecule has 1 heterocycles. The van der Waals surface area contributed by atoms with Gasteiger partial charge in [-0.05, 0) is 61.9 Å². The molecule has 0 aliphatic carbocycles. The van der Waals surface area contributed by atoms with E-state index in [4.69, 9.17) is 21.3 Å². The van der Waals surface area contributed by atoms with Crippen LogP contribution in [-0.4, -0.2) is 34.0 Å². The summed E-state index contributed by atoms with van der Waals surface area (Å²) in [6, 6.07) is 17.4. The zero-order valence-electron chi connectivity index (χ0n) is 19.7. The van der Waals surface area contributed by atoms with E-state index in [1.807, 2.05) is 13.8 Å². The summed E-state index contributed by atoms with van der Waals surface area (Å²) in [4.78, 5) is 33.7. The highest BCUT2D eigenvalue weighted by molar-refractivity contribution is 6.30. The number of carbonyl (C=O) groups excluding carboxylic acids is 1. The smallest absolute Gasteiger partial charge is 0.266 e. The second-order valence-corrected chi connectivity index (χ2v) is 8.54. The van der Waals surface area contributed by atoms with Crippen LogP contribution in [0.15, 0.2) is 71.5 Å². The van der Waals surface area contributed by atoms with E-state index in [0.717, 1.165) is 0 Å². The van der Waals surface area contributed by atoms with Gasteiger partial charge in [-0.25, -0.2) is 9.37 Å². The van der Waals surface area contributed by atoms with Gasteiger partial charge in [-0.15, -0.1) is 0 Å². The highest BCUT2D eigenvalue weighted by Gasteiger charge is 2.27. The number of amides is 1. The molecule has 1 unspecified atom stereocenters. The van der Waals surface area contributed by atoms with Gasteiger partial charge in [-0.3, -0.25) is 14.2 Å². The maximum atomic E-state index is 13.9. The highest BCUT2D eigenvalue weighted by atomic mass is 35.5. The van der Waals surface area contributed by atoms with Crippen LogP contribution in [0.3, 0.4) is 0 Å². The summed E-state index contributed by atoms with van der Waals surface area (Å²) in [5.41, 5.74) is 1.01. The molecule has 4 rings (SSSR count). The van der Waals surface area contributed by atoms with Crippen molar-refractivity contribution in [3.63, 3.8) is 0 Å². The molecule has 3 aromatic carbocycles. The van der Waals surface area contributed by atoms with Crippen molar-refractivity contribution in [1.29, 1.82) is 0 Å². The number of rotatable bonds is 7. The largest absolute Gasteiger partial charge is 0.497 e. The third kappa shape index (κ3) is 4.77. The summed E-state index contributed by atoms with van der Waals surface area (Å²) < 4.78 is 20.6. The Hall–Kier alpha value is -3.71. The van der Waals surface area contributed by atoms with Gasteiger partial charge in [0.2, 0.25) is 0 Å². The van der Waals surface area contributed by atoms with Gasteiger partial charge in [-0.2, -0.15) is 0 Å². The number of para-hydroxylation sites is 1. The molecule has 4 aromatic rings. The van der Waals surface area contributed by atoms with Crippen LogP contribution in [0.25, 0.3) is 16.6 Å². The molecule has 6 nitrogen and oxygen atoms in total. The van der Waals surface area contributed by atoms with E-state index in [1.54, 1.807) is 60.5 Å². The van der Waals surface area contributed by atoms with Crippen LogP contribution < -0.4 is 10.3 Å². The third-order valence-electron chi connectivity index (χ3n) is 5.85. The summed E-state index contributed by atoms with van der Waals surface area (Å²) >= 11 is 6.05. The van der Waals surface area contributed by atoms with Crippen LogP contribution in [-0.2, 0) is 0 Å². The predicted molar refractivity (Wildman–Crippen MR) is 135 cm³/mol. The number of methoxy groups -OCH3 is 1. The Morgan fingerprint density at radius 1 is 1.14 bits per heavy atom. The molecule has 0 aliphatic heterocycles. The van der Waals surface area contributed by atoms with Crippen LogP contribution >= 0.6 is 11.6 Å². The molecule has 35 heavy (non-hydrogen) atoms. The fourth-order valence-corrected chi connectivity index (χ4v) is 4.25. The second-order valence-electron chi connectivity index (χ2n) is 8.13. The van der Waals surface area contributed by atoms with Crippen LogP contribution in [0.4, 0.5) is 4.39 Å². The molecule has 0 spiro atoms. The van der Waals surface area contributed by atoms with E-state index >= 15 is 0 Å². The molecule has 8 heteroatoms. The van der Waals surface area contributed by atoms with Crippen LogP contribution in [0.1, 0.15) is 42.5 Å². The van der Waals surface area contributed by atoms with Crippen LogP contribution in [0.2, 0.25) is 5.02 Å². The van der Waals surface area contributed by atoms with Crippen LogP contribution in [0, 0.1) is 5.82 Å². The average molecular weight is 494 g/mol. The lowest BCUT2D eigenvalue weighted by Crippen LogP contribution is -2.38. The quantitative estimate of drug-likeness (QED) is 0.326. The zero-order valence-corrected chi connectivity index (χ0v) is 20.4. The second kappa shape index (κ2) is 10.3. The summed E-state index contributed by atoms with van der Waals surface area (Å²) in [5, 5.41) is 0.295. The molecule has 1 atom stereocenters. The number of halogens is 2. The molecule has 180 valence electrons. The minimum Gasteiger partial charge on any atom is -0.497 e. The fourth-order valence-electron chi connectivity index (χ4n) is 4.08. The summed E-state index contributed by atoms with van der Waals surface area (Å²) in [6.45, 7) is 4.23. The van der Waals surface area contributed by atoms with E-state index in [0.29, 0.717) is 46.7 Å². The summed E-state index contributed by atoms with van der Waals surface area (Å²) in [7, 11) is 1.54. The van der Waals surface area contributed by atoms with Gasteiger partial charge < -0.3 is 9.64 Å². The number of hydrogen-bond donors (Lipinski definition) is 0. The first-order valence-corrected chi connectivity index (χ1v) is 11.7. The maximum Gasteiger partial charge on any atom is 0.266 e. The van der Waals surface area contributed by atoms with Gasteiger partial charge >= 0.3 is 0 Å². The number of fused-ring (bicyclic) bond motifs is 1. The maximum absolute atomic E-state index is 13.9. The summed E-state index contributed by atoms with van der Waals surface area (Å²) in [6.07, 6.45) is 0.695. The number of benzene rings is 3. The lowest BCUT2D eigenvalue weighted by molar-refractivity contribution is 0.0681. The number of carbonyl (C=O) groups is 1. The monoisotopic (exact) mass is 493 g/mol. The Morgan fingerprint density at radius 2 is 1.91 bits per heavy atom. The fraction of sp³-hybridized carbons (Fsp3) is 0.222. The highest BCUT2D eigenvalue weighted by Crippen LogP contribution is 2.27. The van der Waals surface area contributed by atoms with Crippen molar-refractivity contribution >= 4 is 28.4 Å². The van der Waals surface area contributed by atoms with Gasteiger partial charge in [0.1, 0.15) is 17.4 Å². The standard InChI is InChI=1S/C27H25ClFN3O3/c1-4-14-31(26(33)18-8-7-9-20(15-18)35-3)17(2)25-30-24-11-6-5-10-21(24)27(34)32(25)19-12-13-23(29)22(28)16-19/h5-13,15-17H,4,14H2,1-3H3. The van der Waals surface area contributed by atoms with Crippen molar-refractivity contribution in [3.8, 4) is 11.4 Å². The topological polar surface area (TPSA) is 64.4 Å². The molecule has 0 bridgehead atoms. The van der Waals surface area contributed by atoms with Crippen molar-refractivity contribution in [3.05, 3.63) is 99.3 Å². The molecule has 0 N–H and O–H groups in total. The molecular weight excluding hydrogens is 469 g/mol. The van der Waals surface area contributed by atoms with Crippen molar-refractivity contribution in [2.24, 2.45) is 0 Å². The lowest BCUT2D eigenvalue weighted by Gasteiger charge is -2.30. The van der Waals surface area contributed by atoms with Gasteiger partial charge in [0.05, 0.1) is 34.8 Å². The molecular formula is C27H25ClFN3O3. The Balaban J connectivity index is 1.91. The minimum atomic E-state index is -0.590. The van der Waals surface area contributed by atoms with Gasteiger partial charge in [0, 0.05) is 12.1 Å². The Labute approximate surface area is 207 Å². The Kier molecular flexibility index (Phi) is 7.17. The van der Waals surface area contributed by atoms with Crippen LogP contribution in [0.5, 0.6) is 5.75 Å². The molecule has 0 saturated heterocycles. The van der Waals surface area contributed by atoms with Gasteiger partial charge in [0.15, 0.2) is 0 Å². The molecule has 0 saturated carbocycles. The molecule has 1 aromatic heterocycles.